The van der Waals surface area contributed by atoms with Gasteiger partial charge < -0.3 is 5.11 Å². The Kier molecular flexibility index (Phi) is 5.24. The Morgan fingerprint density at radius 1 is 1.35 bits per heavy atom. The molecule has 0 saturated heterocycles. The minimum absolute atomic E-state index is 0.227. The molecule has 20 heavy (non-hydrogen) atoms. The summed E-state index contributed by atoms with van der Waals surface area (Å²) in [6, 6.07) is 4.71. The summed E-state index contributed by atoms with van der Waals surface area (Å²) < 4.78 is 13.5. The normalized spacial score (nSPS) is 10.4. The molecule has 0 atom stereocenters. The van der Waals surface area contributed by atoms with Crippen LogP contribution in [0.15, 0.2) is 29.1 Å². The molecule has 1 N–H and O–H groups in total. The minimum atomic E-state index is -0.313. The molecule has 0 bridgehead atoms. The highest BCUT2D eigenvalue weighted by atomic mass is 32.1. The van der Waals surface area contributed by atoms with Gasteiger partial charge in [-0.3, -0.25) is 4.90 Å². The lowest BCUT2D eigenvalue weighted by atomic mass is 10.1. The van der Waals surface area contributed by atoms with Crippen molar-refractivity contribution in [3.63, 3.8) is 0 Å². The Bertz CT molecular complexity index is 617. The average molecular weight is 290 g/mol. The first kappa shape index (κ1) is 14.7. The van der Waals surface area contributed by atoms with Crippen LogP contribution in [0.4, 0.5) is 4.39 Å². The van der Waals surface area contributed by atoms with Crippen LogP contribution >= 0.6 is 11.3 Å². The maximum atomic E-state index is 13.5. The lowest BCUT2D eigenvalue weighted by Gasteiger charge is -2.15. The van der Waals surface area contributed by atoms with Crippen molar-refractivity contribution in [1.29, 1.82) is 0 Å². The summed E-state index contributed by atoms with van der Waals surface area (Å²) in [4.78, 5) is 6.29. The summed E-state index contributed by atoms with van der Waals surface area (Å²) in [6.07, 6.45) is 0. The third kappa shape index (κ3) is 4.42. The average Bonchev–Trinajstić information content (AvgIpc) is 2.88. The highest BCUT2D eigenvalue weighted by Gasteiger charge is 2.05. The minimum Gasteiger partial charge on any atom is -0.384 e. The van der Waals surface area contributed by atoms with Gasteiger partial charge in [-0.15, -0.1) is 11.3 Å². The van der Waals surface area contributed by atoms with E-state index >= 15 is 0 Å². The molecule has 0 amide bonds. The van der Waals surface area contributed by atoms with Gasteiger partial charge in [0.1, 0.15) is 12.4 Å². The van der Waals surface area contributed by atoms with Gasteiger partial charge in [0.05, 0.1) is 11.2 Å². The van der Waals surface area contributed by atoms with Gasteiger partial charge in [-0.1, -0.05) is 11.8 Å². The molecule has 104 valence electrons. The molecule has 2 rings (SSSR count). The second-order valence-electron chi connectivity index (χ2n) is 4.46. The summed E-state index contributed by atoms with van der Waals surface area (Å²) in [5, 5.41) is 10.7. The predicted octanol–water partition coefficient (Wildman–Crippen LogP) is 2.26. The molecule has 1 heterocycles. The highest BCUT2D eigenvalue weighted by Crippen LogP contribution is 2.12. The SMILES string of the molecule is CN(Cc1cc(F)cc(C#CCO)c1)Cc1cscn1. The lowest BCUT2D eigenvalue weighted by Crippen LogP contribution is -2.17. The second kappa shape index (κ2) is 7.15. The maximum Gasteiger partial charge on any atom is 0.124 e. The van der Waals surface area contributed by atoms with Crippen molar-refractivity contribution in [3.8, 4) is 11.8 Å². The third-order valence-electron chi connectivity index (χ3n) is 2.64. The first-order chi connectivity index (χ1) is 9.67. The van der Waals surface area contributed by atoms with E-state index < -0.39 is 0 Å². The van der Waals surface area contributed by atoms with Gasteiger partial charge in [-0.2, -0.15) is 0 Å². The lowest BCUT2D eigenvalue weighted by molar-refractivity contribution is 0.315. The van der Waals surface area contributed by atoms with E-state index in [1.165, 1.54) is 12.1 Å². The topological polar surface area (TPSA) is 36.4 Å². The first-order valence-electron chi connectivity index (χ1n) is 6.12. The van der Waals surface area contributed by atoms with Crippen LogP contribution in [-0.2, 0) is 13.1 Å². The number of hydrogen-bond donors (Lipinski definition) is 1. The van der Waals surface area contributed by atoms with Crippen LogP contribution in [0.1, 0.15) is 16.8 Å². The molecule has 0 unspecified atom stereocenters. The van der Waals surface area contributed by atoms with Crippen molar-refractivity contribution in [3.05, 3.63) is 51.7 Å². The molecule has 0 fully saturated rings. The van der Waals surface area contributed by atoms with Gasteiger partial charge in [0.25, 0.3) is 0 Å². The number of nitrogens with zero attached hydrogens (tertiary/aromatic N) is 2. The molecule has 0 aliphatic rings. The van der Waals surface area contributed by atoms with Gasteiger partial charge in [0, 0.05) is 24.0 Å². The molecular formula is C15H15FN2OS. The van der Waals surface area contributed by atoms with Crippen LogP contribution in [0.3, 0.4) is 0 Å². The Labute approximate surface area is 121 Å². The van der Waals surface area contributed by atoms with Crippen LogP contribution < -0.4 is 0 Å². The summed E-state index contributed by atoms with van der Waals surface area (Å²) in [5.74, 6) is 4.94. The zero-order valence-electron chi connectivity index (χ0n) is 11.1. The van der Waals surface area contributed by atoms with Crippen molar-refractivity contribution in [2.24, 2.45) is 0 Å². The molecule has 0 radical (unpaired) electrons. The zero-order valence-corrected chi connectivity index (χ0v) is 12.0. The molecular weight excluding hydrogens is 275 g/mol. The van der Waals surface area contributed by atoms with Gasteiger partial charge in [0.2, 0.25) is 0 Å². The van der Waals surface area contributed by atoms with Gasteiger partial charge >= 0.3 is 0 Å². The molecule has 0 spiro atoms. The van der Waals surface area contributed by atoms with Crippen molar-refractivity contribution in [1.82, 2.24) is 9.88 Å². The summed E-state index contributed by atoms with van der Waals surface area (Å²) in [5.41, 5.74) is 4.24. The smallest absolute Gasteiger partial charge is 0.124 e. The largest absolute Gasteiger partial charge is 0.384 e. The maximum absolute atomic E-state index is 13.5. The van der Waals surface area contributed by atoms with Crippen molar-refractivity contribution in [2.75, 3.05) is 13.7 Å². The van der Waals surface area contributed by atoms with E-state index in [0.29, 0.717) is 12.1 Å². The van der Waals surface area contributed by atoms with E-state index in [-0.39, 0.29) is 12.4 Å². The van der Waals surface area contributed by atoms with Crippen LogP contribution in [0, 0.1) is 17.7 Å². The molecule has 1 aromatic carbocycles. The Morgan fingerprint density at radius 3 is 2.90 bits per heavy atom. The molecule has 2 aromatic rings. The van der Waals surface area contributed by atoms with E-state index in [2.05, 4.69) is 21.7 Å². The Balaban J connectivity index is 2.06. The standard InChI is InChI=1S/C15H15FN2OS/c1-18(9-15-10-20-11-17-15)8-13-5-12(3-2-4-19)6-14(16)7-13/h5-7,10-11,19H,4,8-9H2,1H3. The zero-order chi connectivity index (χ0) is 14.4. The van der Waals surface area contributed by atoms with Crippen LogP contribution in [-0.4, -0.2) is 28.6 Å². The summed E-state index contributed by atoms with van der Waals surface area (Å²) in [6.45, 7) is 1.11. The molecule has 0 aliphatic heterocycles. The first-order valence-corrected chi connectivity index (χ1v) is 7.06. The third-order valence-corrected chi connectivity index (χ3v) is 3.27. The van der Waals surface area contributed by atoms with E-state index in [9.17, 15) is 4.39 Å². The fourth-order valence-corrected chi connectivity index (χ4v) is 2.46. The number of aromatic nitrogens is 1. The van der Waals surface area contributed by atoms with Gasteiger partial charge in [-0.25, -0.2) is 9.37 Å². The molecule has 3 nitrogen and oxygen atoms in total. The Morgan fingerprint density at radius 2 is 2.20 bits per heavy atom. The number of aliphatic hydroxyl groups excluding tert-OH is 1. The van der Waals surface area contributed by atoms with E-state index in [1.807, 2.05) is 18.5 Å². The summed E-state index contributed by atoms with van der Waals surface area (Å²) >= 11 is 1.56. The second-order valence-corrected chi connectivity index (χ2v) is 5.18. The number of aliphatic hydroxyl groups is 1. The van der Waals surface area contributed by atoms with Crippen molar-refractivity contribution >= 4 is 11.3 Å². The fourth-order valence-electron chi connectivity index (χ4n) is 1.92. The molecule has 0 aliphatic carbocycles. The number of halogens is 1. The van der Waals surface area contributed by atoms with E-state index in [0.717, 1.165) is 17.8 Å². The van der Waals surface area contributed by atoms with Crippen LogP contribution in [0.2, 0.25) is 0 Å². The molecule has 0 saturated carbocycles. The van der Waals surface area contributed by atoms with Crippen molar-refractivity contribution < 1.29 is 9.50 Å². The number of thiazole rings is 1. The van der Waals surface area contributed by atoms with Crippen LogP contribution in [0.25, 0.3) is 0 Å². The monoisotopic (exact) mass is 290 g/mol. The molecule has 1 aromatic heterocycles. The van der Waals surface area contributed by atoms with E-state index in [4.69, 9.17) is 5.11 Å². The molecule has 5 heteroatoms. The number of rotatable bonds is 4. The van der Waals surface area contributed by atoms with Crippen LogP contribution in [0.5, 0.6) is 0 Å². The van der Waals surface area contributed by atoms with Gasteiger partial charge in [0.15, 0.2) is 0 Å². The number of benzene rings is 1. The van der Waals surface area contributed by atoms with E-state index in [1.54, 1.807) is 16.8 Å². The van der Waals surface area contributed by atoms with Gasteiger partial charge in [-0.05, 0) is 30.8 Å². The number of hydrogen-bond acceptors (Lipinski definition) is 4. The summed E-state index contributed by atoms with van der Waals surface area (Å²) in [7, 11) is 1.96. The fraction of sp³-hybridized carbons (Fsp3) is 0.267. The quantitative estimate of drug-likeness (QED) is 0.878. The Hall–Kier alpha value is -1.74. The van der Waals surface area contributed by atoms with Crippen molar-refractivity contribution in [2.45, 2.75) is 13.1 Å². The predicted molar refractivity (Wildman–Crippen MR) is 77.6 cm³/mol. The highest BCUT2D eigenvalue weighted by molar-refractivity contribution is 7.07.